The second kappa shape index (κ2) is 7.31. The van der Waals surface area contributed by atoms with Crippen molar-refractivity contribution in [1.82, 2.24) is 0 Å². The van der Waals surface area contributed by atoms with E-state index in [1.54, 1.807) is 18.2 Å². The van der Waals surface area contributed by atoms with Gasteiger partial charge in [-0.2, -0.15) is 8.78 Å². The van der Waals surface area contributed by atoms with Crippen LogP contribution < -0.4 is 0 Å². The lowest BCUT2D eigenvalue weighted by Crippen LogP contribution is -2.30. The fourth-order valence-electron chi connectivity index (χ4n) is 1.41. The van der Waals surface area contributed by atoms with Gasteiger partial charge in [0.25, 0.3) is 0 Å². The Morgan fingerprint density at radius 3 is 2.42 bits per heavy atom. The smallest absolute Gasteiger partial charge is 0.316 e. The van der Waals surface area contributed by atoms with Crippen molar-refractivity contribution in [2.75, 3.05) is 6.61 Å². The summed E-state index contributed by atoms with van der Waals surface area (Å²) in [5, 5.41) is 1.000. The number of benzene rings is 1. The Hall–Kier alpha value is -0.520. The number of unbranched alkanes of at least 4 members (excludes halogenated alkanes) is 1. The van der Waals surface area contributed by atoms with E-state index in [2.05, 4.69) is 4.74 Å². The van der Waals surface area contributed by atoms with Gasteiger partial charge in [-0.15, -0.1) is 0 Å². The molecule has 0 saturated carbocycles. The van der Waals surface area contributed by atoms with E-state index in [0.29, 0.717) is 22.9 Å². The number of alkyl halides is 4. The van der Waals surface area contributed by atoms with Crippen LogP contribution in [0.1, 0.15) is 18.4 Å². The molecule has 0 aliphatic heterocycles. The zero-order chi connectivity index (χ0) is 14.5. The van der Waals surface area contributed by atoms with Crippen molar-refractivity contribution in [2.45, 2.75) is 31.8 Å². The molecule has 0 spiro atoms. The molecule has 0 amide bonds. The summed E-state index contributed by atoms with van der Waals surface area (Å²) in [6, 6.07) is 4.99. The van der Waals surface area contributed by atoms with Crippen LogP contribution in [0.2, 0.25) is 10.0 Å². The predicted octanol–water partition coefficient (Wildman–Crippen LogP) is 5.19. The van der Waals surface area contributed by atoms with E-state index in [9.17, 15) is 17.6 Å². The lowest BCUT2D eigenvalue weighted by atomic mass is 10.1. The third-order valence-corrected chi connectivity index (χ3v) is 2.99. The van der Waals surface area contributed by atoms with Crippen LogP contribution in [0, 0.1) is 0 Å². The largest absolute Gasteiger partial charge is 0.416 e. The highest BCUT2D eigenvalue weighted by Gasteiger charge is 2.41. The quantitative estimate of drug-likeness (QED) is 0.496. The standard InChI is InChI=1S/C12H12Cl2F4O/c13-9-5-4-8(10(14)7-9)3-1-2-6-19-12(17,18)11(15)16/h4-5,7,11H,1-3,6H2. The minimum atomic E-state index is -4.38. The van der Waals surface area contributed by atoms with Gasteiger partial charge in [-0.05, 0) is 37.0 Å². The summed E-state index contributed by atoms with van der Waals surface area (Å²) in [7, 11) is 0. The highest BCUT2D eigenvalue weighted by molar-refractivity contribution is 6.35. The minimum absolute atomic E-state index is 0.237. The fourth-order valence-corrected chi connectivity index (χ4v) is 1.92. The number of aryl methyl sites for hydroxylation is 1. The molecule has 108 valence electrons. The average molecular weight is 319 g/mol. The summed E-state index contributed by atoms with van der Waals surface area (Å²) in [4.78, 5) is 0. The molecule has 0 N–H and O–H groups in total. The van der Waals surface area contributed by atoms with E-state index in [-0.39, 0.29) is 6.42 Å². The molecule has 0 atom stereocenters. The Kier molecular flexibility index (Phi) is 6.36. The van der Waals surface area contributed by atoms with Crippen LogP contribution in [-0.2, 0) is 11.2 Å². The topological polar surface area (TPSA) is 9.23 Å². The molecule has 0 aliphatic carbocycles. The summed E-state index contributed by atoms with van der Waals surface area (Å²) >= 11 is 11.6. The van der Waals surface area contributed by atoms with Gasteiger partial charge in [-0.1, -0.05) is 29.3 Å². The molecule has 0 fully saturated rings. The first-order valence-corrected chi connectivity index (χ1v) is 6.32. The molecule has 0 radical (unpaired) electrons. The molecule has 7 heteroatoms. The maximum absolute atomic E-state index is 12.4. The van der Waals surface area contributed by atoms with E-state index in [4.69, 9.17) is 23.2 Å². The van der Waals surface area contributed by atoms with Crippen molar-refractivity contribution in [2.24, 2.45) is 0 Å². The normalized spacial score (nSPS) is 12.2. The van der Waals surface area contributed by atoms with Crippen LogP contribution in [0.15, 0.2) is 18.2 Å². The van der Waals surface area contributed by atoms with Gasteiger partial charge in [0.05, 0.1) is 6.61 Å². The summed E-state index contributed by atoms with van der Waals surface area (Å²) in [6.07, 6.45) is -6.90. The summed E-state index contributed by atoms with van der Waals surface area (Å²) in [5.41, 5.74) is 0.826. The van der Waals surface area contributed by atoms with Crippen molar-refractivity contribution in [3.63, 3.8) is 0 Å². The molecular formula is C12H12Cl2F4O. The van der Waals surface area contributed by atoms with E-state index < -0.39 is 19.1 Å². The van der Waals surface area contributed by atoms with Crippen LogP contribution >= 0.6 is 23.2 Å². The van der Waals surface area contributed by atoms with Crippen LogP contribution in [-0.4, -0.2) is 19.1 Å². The number of hydrogen-bond acceptors (Lipinski definition) is 1. The SMILES string of the molecule is FC(F)C(F)(F)OCCCCc1ccc(Cl)cc1Cl. The van der Waals surface area contributed by atoms with Crippen molar-refractivity contribution in [3.05, 3.63) is 33.8 Å². The first kappa shape index (κ1) is 16.5. The third kappa shape index (κ3) is 5.55. The third-order valence-electron chi connectivity index (χ3n) is 2.40. The van der Waals surface area contributed by atoms with Crippen LogP contribution in [0.3, 0.4) is 0 Å². The maximum atomic E-state index is 12.4. The molecule has 1 aromatic carbocycles. The number of halogens is 6. The van der Waals surface area contributed by atoms with Crippen molar-refractivity contribution < 1.29 is 22.3 Å². The zero-order valence-electron chi connectivity index (χ0n) is 9.81. The van der Waals surface area contributed by atoms with Crippen molar-refractivity contribution in [3.8, 4) is 0 Å². The molecule has 0 aliphatic rings. The Labute approximate surface area is 118 Å². The molecule has 0 bridgehead atoms. The highest BCUT2D eigenvalue weighted by Crippen LogP contribution is 2.25. The molecule has 0 unspecified atom stereocenters. The van der Waals surface area contributed by atoms with Gasteiger partial charge in [-0.3, -0.25) is 0 Å². The van der Waals surface area contributed by atoms with Crippen LogP contribution in [0.5, 0.6) is 0 Å². The van der Waals surface area contributed by atoms with Gasteiger partial charge in [0.2, 0.25) is 0 Å². The molecule has 0 aromatic heterocycles. The molecule has 1 rings (SSSR count). The first-order valence-electron chi connectivity index (χ1n) is 5.57. The Bertz CT molecular complexity index is 413. The van der Waals surface area contributed by atoms with Crippen LogP contribution in [0.4, 0.5) is 17.6 Å². The number of rotatable bonds is 7. The summed E-state index contributed by atoms with van der Waals surface area (Å²) in [6.45, 7) is -0.428. The molecule has 0 heterocycles. The summed E-state index contributed by atoms with van der Waals surface area (Å²) in [5.74, 6) is 0. The monoisotopic (exact) mass is 318 g/mol. The van der Waals surface area contributed by atoms with Crippen LogP contribution in [0.25, 0.3) is 0 Å². The van der Waals surface area contributed by atoms with Gasteiger partial charge in [0.1, 0.15) is 0 Å². The fraction of sp³-hybridized carbons (Fsp3) is 0.500. The molecule has 1 nitrogen and oxygen atoms in total. The Morgan fingerprint density at radius 2 is 1.84 bits per heavy atom. The molecule has 1 aromatic rings. The minimum Gasteiger partial charge on any atom is -0.316 e. The van der Waals surface area contributed by atoms with E-state index >= 15 is 0 Å². The van der Waals surface area contributed by atoms with E-state index in [1.807, 2.05) is 0 Å². The predicted molar refractivity (Wildman–Crippen MR) is 66.3 cm³/mol. The lowest BCUT2D eigenvalue weighted by Gasteiger charge is -2.15. The first-order chi connectivity index (χ1) is 8.83. The van der Waals surface area contributed by atoms with Gasteiger partial charge < -0.3 is 4.74 Å². The van der Waals surface area contributed by atoms with Gasteiger partial charge in [0.15, 0.2) is 0 Å². The molecule has 0 saturated heterocycles. The second-order valence-electron chi connectivity index (χ2n) is 3.90. The van der Waals surface area contributed by atoms with Gasteiger partial charge in [0, 0.05) is 10.0 Å². The van der Waals surface area contributed by atoms with Gasteiger partial charge in [-0.25, -0.2) is 8.78 Å². The van der Waals surface area contributed by atoms with E-state index in [0.717, 1.165) is 5.56 Å². The number of ether oxygens (including phenoxy) is 1. The second-order valence-corrected chi connectivity index (χ2v) is 4.75. The number of hydrogen-bond donors (Lipinski definition) is 0. The molecular weight excluding hydrogens is 307 g/mol. The Balaban J connectivity index is 2.28. The average Bonchev–Trinajstić information content (AvgIpc) is 2.31. The van der Waals surface area contributed by atoms with Gasteiger partial charge >= 0.3 is 12.5 Å². The molecule has 19 heavy (non-hydrogen) atoms. The Morgan fingerprint density at radius 1 is 1.16 bits per heavy atom. The van der Waals surface area contributed by atoms with E-state index in [1.165, 1.54) is 0 Å². The van der Waals surface area contributed by atoms with Crippen molar-refractivity contribution >= 4 is 23.2 Å². The lowest BCUT2D eigenvalue weighted by molar-refractivity contribution is -0.300. The summed E-state index contributed by atoms with van der Waals surface area (Å²) < 4.78 is 52.2. The zero-order valence-corrected chi connectivity index (χ0v) is 11.3. The van der Waals surface area contributed by atoms with Crippen molar-refractivity contribution in [1.29, 1.82) is 0 Å². The highest BCUT2D eigenvalue weighted by atomic mass is 35.5. The maximum Gasteiger partial charge on any atom is 0.416 e.